The van der Waals surface area contributed by atoms with Gasteiger partial charge in [-0.1, -0.05) is 30.7 Å². The molecule has 0 bridgehead atoms. The van der Waals surface area contributed by atoms with Gasteiger partial charge >= 0.3 is 0 Å². The predicted molar refractivity (Wildman–Crippen MR) is 57.4 cm³/mol. The Morgan fingerprint density at radius 2 is 2.00 bits per heavy atom. The first-order valence-electron chi connectivity index (χ1n) is 4.69. The molecule has 0 fully saturated rings. The molecule has 0 unspecified atom stereocenters. The maximum atomic E-state index is 9.82. The summed E-state index contributed by atoms with van der Waals surface area (Å²) >= 11 is 5.95. The monoisotopic (exact) mass is 214 g/mol. The van der Waals surface area contributed by atoms with E-state index in [2.05, 4.69) is 0 Å². The van der Waals surface area contributed by atoms with Gasteiger partial charge in [-0.15, -0.1) is 0 Å². The molecule has 0 saturated carbocycles. The highest BCUT2D eigenvalue weighted by Crippen LogP contribution is 2.29. The zero-order valence-electron chi connectivity index (χ0n) is 8.37. The third kappa shape index (κ3) is 2.27. The Morgan fingerprint density at radius 1 is 1.36 bits per heavy atom. The second-order valence-corrected chi connectivity index (χ2v) is 3.80. The molecule has 2 N–H and O–H groups in total. The Balaban J connectivity index is 3.05. The van der Waals surface area contributed by atoms with Crippen LogP contribution >= 0.6 is 11.6 Å². The number of hydrogen-bond acceptors (Lipinski definition) is 2. The molecule has 0 aliphatic heterocycles. The van der Waals surface area contributed by atoms with Crippen molar-refractivity contribution in [3.63, 3.8) is 0 Å². The molecule has 1 aromatic carbocycles. The molecule has 78 valence electrons. The van der Waals surface area contributed by atoms with E-state index in [9.17, 15) is 10.2 Å². The van der Waals surface area contributed by atoms with Crippen LogP contribution in [0.25, 0.3) is 0 Å². The van der Waals surface area contributed by atoms with Crippen molar-refractivity contribution in [3.8, 4) is 0 Å². The van der Waals surface area contributed by atoms with Crippen molar-refractivity contribution < 1.29 is 10.2 Å². The van der Waals surface area contributed by atoms with E-state index in [1.807, 2.05) is 26.0 Å². The molecule has 0 saturated heterocycles. The lowest BCUT2D eigenvalue weighted by Crippen LogP contribution is -2.18. The molecule has 14 heavy (non-hydrogen) atoms. The lowest BCUT2D eigenvalue weighted by Gasteiger charge is -2.19. The Kier molecular flexibility index (Phi) is 3.93. The predicted octanol–water partition coefficient (Wildman–Crippen LogP) is 2.45. The highest BCUT2D eigenvalue weighted by atomic mass is 35.5. The Morgan fingerprint density at radius 3 is 2.50 bits per heavy atom. The molecule has 0 heterocycles. The molecule has 0 aliphatic carbocycles. The van der Waals surface area contributed by atoms with E-state index in [4.69, 9.17) is 11.6 Å². The first kappa shape index (κ1) is 11.5. The van der Waals surface area contributed by atoms with Crippen LogP contribution in [-0.2, 0) is 0 Å². The van der Waals surface area contributed by atoms with Gasteiger partial charge in [-0.3, -0.25) is 0 Å². The van der Waals surface area contributed by atoms with Crippen LogP contribution in [0.4, 0.5) is 0 Å². The number of aryl methyl sites for hydroxylation is 1. The topological polar surface area (TPSA) is 40.5 Å². The normalized spacial score (nSPS) is 15.2. The van der Waals surface area contributed by atoms with Crippen molar-refractivity contribution in [3.05, 3.63) is 34.3 Å². The molecule has 1 aromatic rings. The summed E-state index contributed by atoms with van der Waals surface area (Å²) in [7, 11) is 0. The van der Waals surface area contributed by atoms with Crippen LogP contribution < -0.4 is 0 Å². The zero-order valence-corrected chi connectivity index (χ0v) is 9.12. The standard InChI is InChI=1S/C11H15ClO2/c1-3-9(13)11(14)10-7(2)5-4-6-8(10)12/h4-6,9,11,13-14H,3H2,1-2H3/t9-,11+/m0/s1. The van der Waals surface area contributed by atoms with Gasteiger partial charge < -0.3 is 10.2 Å². The minimum absolute atomic E-state index is 0.505. The quantitative estimate of drug-likeness (QED) is 0.812. The van der Waals surface area contributed by atoms with Gasteiger partial charge in [0.05, 0.1) is 6.10 Å². The molecule has 3 heteroatoms. The van der Waals surface area contributed by atoms with E-state index in [0.29, 0.717) is 17.0 Å². The Hall–Kier alpha value is -0.570. The SMILES string of the molecule is CC[C@H](O)[C@@H](O)c1c(C)cccc1Cl. The summed E-state index contributed by atoms with van der Waals surface area (Å²) in [5.74, 6) is 0. The fourth-order valence-electron chi connectivity index (χ4n) is 1.44. The second-order valence-electron chi connectivity index (χ2n) is 3.39. The number of halogens is 1. The summed E-state index contributed by atoms with van der Waals surface area (Å²) < 4.78 is 0. The highest BCUT2D eigenvalue weighted by Gasteiger charge is 2.20. The van der Waals surface area contributed by atoms with E-state index >= 15 is 0 Å². The van der Waals surface area contributed by atoms with Crippen molar-refractivity contribution in [1.29, 1.82) is 0 Å². The number of benzene rings is 1. The smallest absolute Gasteiger partial charge is 0.107 e. The van der Waals surface area contributed by atoms with Crippen LogP contribution in [-0.4, -0.2) is 16.3 Å². The summed E-state index contributed by atoms with van der Waals surface area (Å²) in [6.07, 6.45) is -1.14. The molecule has 2 atom stereocenters. The van der Waals surface area contributed by atoms with Gasteiger partial charge in [0.15, 0.2) is 0 Å². The van der Waals surface area contributed by atoms with Crippen LogP contribution in [0.5, 0.6) is 0 Å². The number of aliphatic hydroxyl groups is 2. The van der Waals surface area contributed by atoms with Crippen molar-refractivity contribution in [2.24, 2.45) is 0 Å². The summed E-state index contributed by atoms with van der Waals surface area (Å²) in [5.41, 5.74) is 1.53. The molecular formula is C11H15ClO2. The first-order valence-corrected chi connectivity index (χ1v) is 5.06. The first-order chi connectivity index (χ1) is 6.57. The minimum atomic E-state index is -0.895. The van der Waals surface area contributed by atoms with E-state index in [0.717, 1.165) is 5.56 Å². The van der Waals surface area contributed by atoms with Gasteiger partial charge in [-0.25, -0.2) is 0 Å². The van der Waals surface area contributed by atoms with Crippen LogP contribution in [0.3, 0.4) is 0 Å². The molecule has 1 rings (SSSR count). The van der Waals surface area contributed by atoms with Crippen LogP contribution in [0.2, 0.25) is 5.02 Å². The van der Waals surface area contributed by atoms with Crippen LogP contribution in [0.15, 0.2) is 18.2 Å². The Labute approximate surface area is 89.1 Å². The van der Waals surface area contributed by atoms with Crippen molar-refractivity contribution in [2.75, 3.05) is 0 Å². The third-order valence-electron chi connectivity index (χ3n) is 2.35. The third-order valence-corrected chi connectivity index (χ3v) is 2.68. The second kappa shape index (κ2) is 4.78. The maximum Gasteiger partial charge on any atom is 0.107 e. The van der Waals surface area contributed by atoms with Gasteiger partial charge in [0.2, 0.25) is 0 Å². The molecule has 0 aromatic heterocycles. The minimum Gasteiger partial charge on any atom is -0.390 e. The number of aliphatic hydroxyl groups excluding tert-OH is 2. The fourth-order valence-corrected chi connectivity index (χ4v) is 1.77. The zero-order chi connectivity index (χ0) is 10.7. The van der Waals surface area contributed by atoms with Crippen molar-refractivity contribution >= 4 is 11.6 Å². The van der Waals surface area contributed by atoms with Crippen LogP contribution in [0.1, 0.15) is 30.6 Å². The molecule has 0 radical (unpaired) electrons. The van der Waals surface area contributed by atoms with E-state index in [1.165, 1.54) is 0 Å². The van der Waals surface area contributed by atoms with Gasteiger partial charge in [-0.05, 0) is 25.0 Å². The fraction of sp³-hybridized carbons (Fsp3) is 0.455. The molecule has 2 nitrogen and oxygen atoms in total. The lowest BCUT2D eigenvalue weighted by atomic mass is 9.98. The summed E-state index contributed by atoms with van der Waals surface area (Å²) in [6.45, 7) is 3.69. The van der Waals surface area contributed by atoms with Gasteiger partial charge in [0.1, 0.15) is 6.10 Å². The Bertz CT molecular complexity index is 292. The van der Waals surface area contributed by atoms with E-state index in [-0.39, 0.29) is 0 Å². The summed E-state index contributed by atoms with van der Waals surface area (Å²) in [6, 6.07) is 5.41. The van der Waals surface area contributed by atoms with E-state index < -0.39 is 12.2 Å². The van der Waals surface area contributed by atoms with Crippen molar-refractivity contribution in [2.45, 2.75) is 32.5 Å². The average Bonchev–Trinajstić information content (AvgIpc) is 2.16. The molecule has 0 spiro atoms. The lowest BCUT2D eigenvalue weighted by molar-refractivity contribution is 0.0162. The summed E-state index contributed by atoms with van der Waals surface area (Å²) in [4.78, 5) is 0. The van der Waals surface area contributed by atoms with Crippen molar-refractivity contribution in [1.82, 2.24) is 0 Å². The van der Waals surface area contributed by atoms with Gasteiger partial charge in [0.25, 0.3) is 0 Å². The molecule has 0 aliphatic rings. The highest BCUT2D eigenvalue weighted by molar-refractivity contribution is 6.31. The van der Waals surface area contributed by atoms with Gasteiger partial charge in [0, 0.05) is 10.6 Å². The van der Waals surface area contributed by atoms with Crippen LogP contribution in [0, 0.1) is 6.92 Å². The van der Waals surface area contributed by atoms with Gasteiger partial charge in [-0.2, -0.15) is 0 Å². The number of hydrogen-bond donors (Lipinski definition) is 2. The number of rotatable bonds is 3. The largest absolute Gasteiger partial charge is 0.390 e. The van der Waals surface area contributed by atoms with E-state index in [1.54, 1.807) is 6.07 Å². The maximum absolute atomic E-state index is 9.82. The molecular weight excluding hydrogens is 200 g/mol. The summed E-state index contributed by atoms with van der Waals surface area (Å²) in [5, 5.41) is 19.8. The average molecular weight is 215 g/mol. The molecule has 0 amide bonds.